The van der Waals surface area contributed by atoms with Crippen molar-refractivity contribution in [3.05, 3.63) is 12.3 Å². The smallest absolute Gasteiger partial charge is 0.0180 e. The maximum absolute atomic E-state index is 4.07. The van der Waals surface area contributed by atoms with Crippen LogP contribution in [0.4, 0.5) is 0 Å². The lowest BCUT2D eigenvalue weighted by atomic mass is 9.71. The highest BCUT2D eigenvalue weighted by molar-refractivity contribution is 4.97. The second kappa shape index (κ2) is 5.01. The molecule has 2 aliphatic heterocycles. The average Bonchev–Trinajstić information content (AvgIpc) is 2.30. The van der Waals surface area contributed by atoms with E-state index in [4.69, 9.17) is 0 Å². The monoisotopic (exact) mass is 236 g/mol. The summed E-state index contributed by atoms with van der Waals surface area (Å²) in [6.07, 6.45) is 5.59. The molecule has 2 nitrogen and oxygen atoms in total. The molecule has 2 aliphatic rings. The van der Waals surface area contributed by atoms with E-state index in [1.807, 2.05) is 0 Å². The van der Waals surface area contributed by atoms with Crippen LogP contribution in [0.2, 0.25) is 0 Å². The topological polar surface area (TPSA) is 6.48 Å². The van der Waals surface area contributed by atoms with Crippen LogP contribution in [0.3, 0.4) is 0 Å². The van der Waals surface area contributed by atoms with E-state index in [9.17, 15) is 0 Å². The van der Waals surface area contributed by atoms with Crippen molar-refractivity contribution >= 4 is 0 Å². The summed E-state index contributed by atoms with van der Waals surface area (Å²) in [5.41, 5.74) is 1.91. The zero-order valence-corrected chi connectivity index (χ0v) is 11.8. The molecular formula is C15H28N2. The first-order valence-corrected chi connectivity index (χ1v) is 7.17. The highest BCUT2D eigenvalue weighted by atomic mass is 15.2. The molecule has 0 N–H and O–H groups in total. The van der Waals surface area contributed by atoms with Crippen molar-refractivity contribution in [2.75, 3.05) is 26.2 Å². The van der Waals surface area contributed by atoms with Gasteiger partial charge in [0.2, 0.25) is 0 Å². The van der Waals surface area contributed by atoms with Crippen molar-refractivity contribution in [2.45, 2.75) is 52.5 Å². The molecule has 2 heteroatoms. The highest BCUT2D eigenvalue weighted by Gasteiger charge is 2.37. The van der Waals surface area contributed by atoms with Crippen molar-refractivity contribution < 1.29 is 0 Å². The van der Waals surface area contributed by atoms with Crippen molar-refractivity contribution in [2.24, 2.45) is 5.41 Å². The summed E-state index contributed by atoms with van der Waals surface area (Å²) in [5, 5.41) is 0. The molecule has 0 saturated carbocycles. The molecule has 2 rings (SSSR count). The molecule has 0 radical (unpaired) electrons. The van der Waals surface area contributed by atoms with Crippen molar-refractivity contribution in [3.63, 3.8) is 0 Å². The first-order chi connectivity index (χ1) is 8.02. The van der Waals surface area contributed by atoms with Gasteiger partial charge in [0.15, 0.2) is 0 Å². The SMILES string of the molecule is C=C(C)N1CCC2(CC1)CCN(C(C)C)CC2. The second-order valence-electron chi connectivity index (χ2n) is 6.35. The van der Waals surface area contributed by atoms with Gasteiger partial charge < -0.3 is 9.80 Å². The molecule has 17 heavy (non-hydrogen) atoms. The van der Waals surface area contributed by atoms with Crippen LogP contribution >= 0.6 is 0 Å². The summed E-state index contributed by atoms with van der Waals surface area (Å²) in [4.78, 5) is 5.09. The summed E-state index contributed by atoms with van der Waals surface area (Å²) in [6.45, 7) is 15.9. The van der Waals surface area contributed by atoms with Gasteiger partial charge in [-0.3, -0.25) is 0 Å². The number of piperidine rings is 2. The van der Waals surface area contributed by atoms with Crippen molar-refractivity contribution in [3.8, 4) is 0 Å². The fourth-order valence-corrected chi connectivity index (χ4v) is 3.38. The summed E-state index contributed by atoms with van der Waals surface area (Å²) in [7, 11) is 0. The number of hydrogen-bond acceptors (Lipinski definition) is 2. The van der Waals surface area contributed by atoms with Crippen LogP contribution in [0.25, 0.3) is 0 Å². The molecule has 0 amide bonds. The van der Waals surface area contributed by atoms with E-state index in [-0.39, 0.29) is 0 Å². The van der Waals surface area contributed by atoms with Gasteiger partial charge in [0, 0.05) is 24.8 Å². The van der Waals surface area contributed by atoms with E-state index < -0.39 is 0 Å². The number of allylic oxidation sites excluding steroid dienone is 1. The first-order valence-electron chi connectivity index (χ1n) is 7.17. The molecule has 0 aromatic heterocycles. The van der Waals surface area contributed by atoms with Crippen molar-refractivity contribution in [1.29, 1.82) is 0 Å². The van der Waals surface area contributed by atoms with Gasteiger partial charge in [-0.25, -0.2) is 0 Å². The third-order valence-corrected chi connectivity index (χ3v) is 4.95. The lowest BCUT2D eigenvalue weighted by molar-refractivity contribution is 0.0339. The van der Waals surface area contributed by atoms with Crippen LogP contribution in [-0.4, -0.2) is 42.0 Å². The normalized spacial score (nSPS) is 25.5. The molecular weight excluding hydrogens is 208 g/mol. The molecule has 98 valence electrons. The highest BCUT2D eigenvalue weighted by Crippen LogP contribution is 2.41. The lowest BCUT2D eigenvalue weighted by Crippen LogP contribution is -2.47. The minimum absolute atomic E-state index is 0.664. The van der Waals surface area contributed by atoms with Gasteiger partial charge >= 0.3 is 0 Å². The third-order valence-electron chi connectivity index (χ3n) is 4.95. The minimum Gasteiger partial charge on any atom is -0.375 e. The Hall–Kier alpha value is -0.500. The van der Waals surface area contributed by atoms with Crippen LogP contribution in [0, 0.1) is 5.41 Å². The van der Waals surface area contributed by atoms with Gasteiger partial charge in [0.05, 0.1) is 0 Å². The van der Waals surface area contributed by atoms with Gasteiger partial charge in [-0.1, -0.05) is 6.58 Å². The quantitative estimate of drug-likeness (QED) is 0.727. The summed E-state index contributed by atoms with van der Waals surface area (Å²) in [5.74, 6) is 0. The Bertz CT molecular complexity index is 265. The molecule has 2 heterocycles. The first kappa shape index (κ1) is 12.9. The Balaban J connectivity index is 1.86. The maximum Gasteiger partial charge on any atom is 0.0180 e. The largest absolute Gasteiger partial charge is 0.375 e. The lowest BCUT2D eigenvalue weighted by Gasteiger charge is -2.48. The van der Waals surface area contributed by atoms with E-state index in [0.29, 0.717) is 5.41 Å². The van der Waals surface area contributed by atoms with Crippen LogP contribution in [-0.2, 0) is 0 Å². The average molecular weight is 236 g/mol. The molecule has 0 unspecified atom stereocenters. The Labute approximate surface area is 107 Å². The number of rotatable bonds is 2. The summed E-state index contributed by atoms with van der Waals surface area (Å²) in [6, 6.07) is 0.725. The zero-order valence-electron chi connectivity index (χ0n) is 11.8. The Morgan fingerprint density at radius 3 is 1.88 bits per heavy atom. The van der Waals surface area contributed by atoms with Crippen LogP contribution < -0.4 is 0 Å². The van der Waals surface area contributed by atoms with E-state index in [2.05, 4.69) is 37.1 Å². The zero-order chi connectivity index (χ0) is 12.5. The minimum atomic E-state index is 0.664. The molecule has 0 aliphatic carbocycles. The molecule has 2 saturated heterocycles. The Morgan fingerprint density at radius 2 is 1.47 bits per heavy atom. The molecule has 2 fully saturated rings. The summed E-state index contributed by atoms with van der Waals surface area (Å²) < 4.78 is 0. The van der Waals surface area contributed by atoms with Gasteiger partial charge in [0.1, 0.15) is 0 Å². The van der Waals surface area contributed by atoms with Crippen LogP contribution in [0.1, 0.15) is 46.5 Å². The molecule has 1 spiro atoms. The van der Waals surface area contributed by atoms with E-state index >= 15 is 0 Å². The predicted octanol–water partition coefficient (Wildman–Crippen LogP) is 3.11. The molecule has 0 aromatic carbocycles. The molecule has 0 aromatic rings. The van der Waals surface area contributed by atoms with Crippen LogP contribution in [0.15, 0.2) is 12.3 Å². The molecule has 0 atom stereocenters. The maximum atomic E-state index is 4.07. The predicted molar refractivity (Wildman–Crippen MR) is 74.0 cm³/mol. The second-order valence-corrected chi connectivity index (χ2v) is 6.35. The fourth-order valence-electron chi connectivity index (χ4n) is 3.38. The molecule has 0 bridgehead atoms. The van der Waals surface area contributed by atoms with E-state index in [0.717, 1.165) is 6.04 Å². The number of hydrogen-bond donors (Lipinski definition) is 0. The van der Waals surface area contributed by atoms with Crippen molar-refractivity contribution in [1.82, 2.24) is 9.80 Å². The van der Waals surface area contributed by atoms with Gasteiger partial charge in [0.25, 0.3) is 0 Å². The Kier molecular flexibility index (Phi) is 3.82. The van der Waals surface area contributed by atoms with Gasteiger partial charge in [-0.05, 0) is 65.0 Å². The third kappa shape index (κ3) is 2.85. The number of nitrogens with zero attached hydrogens (tertiary/aromatic N) is 2. The van der Waals surface area contributed by atoms with E-state index in [1.165, 1.54) is 57.6 Å². The standard InChI is InChI=1S/C15H28N2/c1-13(2)16-9-5-15(6-10-16)7-11-17(12-8-15)14(3)4/h14H,1,5-12H2,2-4H3. The Morgan fingerprint density at radius 1 is 1.00 bits per heavy atom. The van der Waals surface area contributed by atoms with Gasteiger partial charge in [-0.2, -0.15) is 0 Å². The fraction of sp³-hybridized carbons (Fsp3) is 0.867. The number of likely N-dealkylation sites (tertiary alicyclic amines) is 2. The van der Waals surface area contributed by atoms with Crippen LogP contribution in [0.5, 0.6) is 0 Å². The summed E-state index contributed by atoms with van der Waals surface area (Å²) >= 11 is 0. The van der Waals surface area contributed by atoms with Gasteiger partial charge in [-0.15, -0.1) is 0 Å². The van der Waals surface area contributed by atoms with E-state index in [1.54, 1.807) is 0 Å².